The molecule has 0 atom stereocenters. The van der Waals surface area contributed by atoms with Gasteiger partial charge < -0.3 is 11.5 Å². The van der Waals surface area contributed by atoms with Crippen LogP contribution in [-0.4, -0.2) is 5.96 Å². The van der Waals surface area contributed by atoms with Gasteiger partial charge in [-0.2, -0.15) is 0 Å². The molecule has 0 saturated heterocycles. The van der Waals surface area contributed by atoms with Gasteiger partial charge in [-0.05, 0) is 40.8 Å². The Labute approximate surface area is 88.9 Å². The number of nitrogens with zero attached hydrogens (tertiary/aromatic N) is 1. The molecule has 1 rings (SSSR count). The Morgan fingerprint density at radius 3 is 2.50 bits per heavy atom. The first-order chi connectivity index (χ1) is 5.58. The van der Waals surface area contributed by atoms with Gasteiger partial charge in [0.15, 0.2) is 5.96 Å². The van der Waals surface area contributed by atoms with E-state index >= 15 is 0 Å². The van der Waals surface area contributed by atoms with Crippen LogP contribution in [0.3, 0.4) is 0 Å². The van der Waals surface area contributed by atoms with Gasteiger partial charge in [0.05, 0.1) is 5.69 Å². The molecular formula is C7H7ClIN3. The third-order valence-corrected chi connectivity index (χ3v) is 1.95. The van der Waals surface area contributed by atoms with Crippen molar-refractivity contribution in [2.24, 2.45) is 16.5 Å². The van der Waals surface area contributed by atoms with Crippen molar-refractivity contribution in [3.8, 4) is 0 Å². The van der Waals surface area contributed by atoms with E-state index in [0.29, 0.717) is 10.7 Å². The largest absolute Gasteiger partial charge is 0.370 e. The Morgan fingerprint density at radius 2 is 2.00 bits per heavy atom. The molecule has 0 aromatic heterocycles. The average molecular weight is 296 g/mol. The van der Waals surface area contributed by atoms with Crippen molar-refractivity contribution in [3.05, 3.63) is 26.8 Å². The quantitative estimate of drug-likeness (QED) is 0.472. The van der Waals surface area contributed by atoms with E-state index < -0.39 is 0 Å². The second kappa shape index (κ2) is 3.95. The highest BCUT2D eigenvalue weighted by Gasteiger charge is 1.95. The summed E-state index contributed by atoms with van der Waals surface area (Å²) in [5, 5.41) is 0.627. The lowest BCUT2D eigenvalue weighted by Gasteiger charge is -1.97. The zero-order valence-electron chi connectivity index (χ0n) is 6.09. The van der Waals surface area contributed by atoms with Gasteiger partial charge in [0.2, 0.25) is 0 Å². The second-order valence-corrected chi connectivity index (χ2v) is 3.85. The lowest BCUT2D eigenvalue weighted by molar-refractivity contribution is 1.41. The minimum atomic E-state index is 0.0352. The molecule has 0 radical (unpaired) electrons. The van der Waals surface area contributed by atoms with Crippen LogP contribution in [0.2, 0.25) is 5.02 Å². The number of benzene rings is 1. The Hall–Kier alpha value is -0.490. The molecule has 5 heteroatoms. The summed E-state index contributed by atoms with van der Waals surface area (Å²) < 4.78 is 1.00. The van der Waals surface area contributed by atoms with Gasteiger partial charge in [0.1, 0.15) is 0 Å². The van der Waals surface area contributed by atoms with Crippen LogP contribution in [0.15, 0.2) is 23.2 Å². The molecule has 1 aromatic rings. The van der Waals surface area contributed by atoms with Crippen LogP contribution in [0.1, 0.15) is 0 Å². The van der Waals surface area contributed by atoms with Crippen molar-refractivity contribution >= 4 is 45.8 Å². The van der Waals surface area contributed by atoms with Crippen LogP contribution >= 0.6 is 34.2 Å². The summed E-state index contributed by atoms with van der Waals surface area (Å²) in [5.74, 6) is 0.0352. The maximum Gasteiger partial charge on any atom is 0.191 e. The molecule has 0 bridgehead atoms. The van der Waals surface area contributed by atoms with Crippen LogP contribution in [0.5, 0.6) is 0 Å². The van der Waals surface area contributed by atoms with Crippen LogP contribution in [-0.2, 0) is 0 Å². The highest BCUT2D eigenvalue weighted by Crippen LogP contribution is 2.22. The van der Waals surface area contributed by atoms with Gasteiger partial charge in [0.25, 0.3) is 0 Å². The smallest absolute Gasteiger partial charge is 0.191 e. The molecule has 0 aliphatic rings. The van der Waals surface area contributed by atoms with Gasteiger partial charge in [-0.3, -0.25) is 0 Å². The van der Waals surface area contributed by atoms with Crippen molar-refractivity contribution in [1.82, 2.24) is 0 Å². The SMILES string of the molecule is NC(N)=Nc1cc(Cl)cc(I)c1. The van der Waals surface area contributed by atoms with Gasteiger partial charge in [-0.25, -0.2) is 4.99 Å². The predicted octanol–water partition coefficient (Wildman–Crippen LogP) is 1.85. The van der Waals surface area contributed by atoms with Crippen molar-refractivity contribution in [2.45, 2.75) is 0 Å². The molecule has 1 aromatic carbocycles. The number of halogens is 2. The molecule has 12 heavy (non-hydrogen) atoms. The van der Waals surface area contributed by atoms with Crippen molar-refractivity contribution in [1.29, 1.82) is 0 Å². The van der Waals surface area contributed by atoms with Crippen molar-refractivity contribution in [3.63, 3.8) is 0 Å². The van der Waals surface area contributed by atoms with Gasteiger partial charge >= 0.3 is 0 Å². The monoisotopic (exact) mass is 295 g/mol. The van der Waals surface area contributed by atoms with E-state index in [0.717, 1.165) is 3.57 Å². The first kappa shape index (κ1) is 9.60. The molecule has 0 unspecified atom stereocenters. The fourth-order valence-corrected chi connectivity index (χ4v) is 1.82. The molecule has 0 saturated carbocycles. The van der Waals surface area contributed by atoms with Crippen LogP contribution in [0, 0.1) is 3.57 Å². The predicted molar refractivity (Wildman–Crippen MR) is 59.6 cm³/mol. The Kier molecular flexibility index (Phi) is 3.16. The van der Waals surface area contributed by atoms with E-state index in [-0.39, 0.29) is 5.96 Å². The fourth-order valence-electron chi connectivity index (χ4n) is 0.753. The molecular weight excluding hydrogens is 288 g/mol. The number of rotatable bonds is 1. The number of nitrogens with two attached hydrogens (primary N) is 2. The highest BCUT2D eigenvalue weighted by atomic mass is 127. The Bertz CT molecular complexity index is 300. The molecule has 0 fully saturated rings. The number of guanidine groups is 1. The molecule has 0 amide bonds. The van der Waals surface area contributed by atoms with E-state index in [1.165, 1.54) is 0 Å². The highest BCUT2D eigenvalue weighted by molar-refractivity contribution is 14.1. The average Bonchev–Trinajstić information content (AvgIpc) is 1.81. The molecule has 0 heterocycles. The lowest BCUT2D eigenvalue weighted by atomic mass is 10.3. The summed E-state index contributed by atoms with van der Waals surface area (Å²) in [7, 11) is 0. The molecule has 0 spiro atoms. The fraction of sp³-hybridized carbons (Fsp3) is 0. The Balaban J connectivity index is 3.09. The summed E-state index contributed by atoms with van der Waals surface area (Å²) in [5.41, 5.74) is 11.1. The Morgan fingerprint density at radius 1 is 1.33 bits per heavy atom. The first-order valence-corrected chi connectivity index (χ1v) is 4.59. The van der Waals surface area contributed by atoms with Crippen molar-refractivity contribution < 1.29 is 0 Å². The van der Waals surface area contributed by atoms with Crippen LogP contribution in [0.4, 0.5) is 5.69 Å². The van der Waals surface area contributed by atoms with Crippen LogP contribution in [0.25, 0.3) is 0 Å². The van der Waals surface area contributed by atoms with E-state index in [1.54, 1.807) is 6.07 Å². The minimum Gasteiger partial charge on any atom is -0.370 e. The zero-order valence-corrected chi connectivity index (χ0v) is 9.00. The topological polar surface area (TPSA) is 64.4 Å². The van der Waals surface area contributed by atoms with E-state index in [1.807, 2.05) is 12.1 Å². The molecule has 64 valence electrons. The second-order valence-electron chi connectivity index (χ2n) is 2.16. The zero-order chi connectivity index (χ0) is 9.14. The van der Waals surface area contributed by atoms with Gasteiger partial charge in [-0.15, -0.1) is 0 Å². The third-order valence-electron chi connectivity index (χ3n) is 1.11. The van der Waals surface area contributed by atoms with E-state index in [4.69, 9.17) is 23.1 Å². The summed E-state index contributed by atoms with van der Waals surface area (Å²) in [6.07, 6.45) is 0. The molecule has 4 N–H and O–H groups in total. The number of hydrogen-bond acceptors (Lipinski definition) is 1. The first-order valence-electron chi connectivity index (χ1n) is 3.13. The summed E-state index contributed by atoms with van der Waals surface area (Å²) in [6, 6.07) is 5.36. The normalized spacial score (nSPS) is 9.50. The number of hydrogen-bond donors (Lipinski definition) is 2. The van der Waals surface area contributed by atoms with Gasteiger partial charge in [-0.1, -0.05) is 11.6 Å². The maximum atomic E-state index is 5.78. The maximum absolute atomic E-state index is 5.78. The summed E-state index contributed by atoms with van der Waals surface area (Å²) >= 11 is 7.92. The lowest BCUT2D eigenvalue weighted by Crippen LogP contribution is -2.21. The van der Waals surface area contributed by atoms with E-state index in [2.05, 4.69) is 27.6 Å². The minimum absolute atomic E-state index is 0.0352. The standard InChI is InChI=1S/C7H7ClIN3/c8-4-1-5(9)3-6(2-4)12-7(10)11/h1-3H,(H4,10,11,12). The number of aliphatic imine (C=N–C) groups is 1. The summed E-state index contributed by atoms with van der Waals surface area (Å²) in [4.78, 5) is 3.86. The third kappa shape index (κ3) is 2.86. The summed E-state index contributed by atoms with van der Waals surface area (Å²) in [6.45, 7) is 0. The van der Waals surface area contributed by atoms with E-state index in [9.17, 15) is 0 Å². The molecule has 3 nitrogen and oxygen atoms in total. The molecule has 0 aliphatic heterocycles. The van der Waals surface area contributed by atoms with Gasteiger partial charge in [0, 0.05) is 8.59 Å². The van der Waals surface area contributed by atoms with Crippen LogP contribution < -0.4 is 11.5 Å². The molecule has 0 aliphatic carbocycles. The van der Waals surface area contributed by atoms with Crippen molar-refractivity contribution in [2.75, 3.05) is 0 Å².